The Kier molecular flexibility index (Phi) is 3.12. The highest BCUT2D eigenvalue weighted by molar-refractivity contribution is 5.91. The van der Waals surface area contributed by atoms with Crippen molar-refractivity contribution < 1.29 is 4.79 Å². The molecule has 4 N–H and O–H groups in total. The summed E-state index contributed by atoms with van der Waals surface area (Å²) < 4.78 is 1.53. The molecule has 0 radical (unpaired) electrons. The van der Waals surface area contributed by atoms with E-state index in [1.807, 2.05) is 30.3 Å². The molecule has 0 atom stereocenters. The minimum Gasteiger partial charge on any atom is -0.396 e. The highest BCUT2D eigenvalue weighted by Crippen LogP contribution is 2.21. The van der Waals surface area contributed by atoms with Gasteiger partial charge in [-0.25, -0.2) is 9.67 Å². The van der Waals surface area contributed by atoms with E-state index in [9.17, 15) is 4.79 Å². The predicted molar refractivity (Wildman–Crippen MR) is 79.7 cm³/mol. The number of amides is 1. The van der Waals surface area contributed by atoms with E-state index in [0.717, 1.165) is 11.1 Å². The lowest BCUT2D eigenvalue weighted by atomic mass is 10.1. The molecule has 0 saturated carbocycles. The first-order valence-corrected chi connectivity index (χ1v) is 6.32. The van der Waals surface area contributed by atoms with Gasteiger partial charge in [0.25, 0.3) is 5.91 Å². The number of hydrogen-bond acceptors (Lipinski definition) is 4. The van der Waals surface area contributed by atoms with Gasteiger partial charge in [0.15, 0.2) is 5.82 Å². The summed E-state index contributed by atoms with van der Waals surface area (Å²) in [6.07, 6.45) is 3.52. The van der Waals surface area contributed by atoms with E-state index in [2.05, 4.69) is 10.1 Å². The van der Waals surface area contributed by atoms with Gasteiger partial charge in [-0.05, 0) is 17.7 Å². The van der Waals surface area contributed by atoms with Crippen LogP contribution in [0.4, 0.5) is 5.69 Å². The second kappa shape index (κ2) is 5.09. The molecule has 2 aromatic heterocycles. The molecule has 0 aliphatic rings. The molecule has 1 amide bonds. The zero-order chi connectivity index (χ0) is 14.8. The van der Waals surface area contributed by atoms with Gasteiger partial charge >= 0.3 is 0 Å². The monoisotopic (exact) mass is 279 g/mol. The predicted octanol–water partition coefficient (Wildman–Crippen LogP) is 1.62. The van der Waals surface area contributed by atoms with Gasteiger partial charge in [-0.15, -0.1) is 0 Å². The Bertz CT molecular complexity index is 795. The Morgan fingerprint density at radius 3 is 2.52 bits per heavy atom. The summed E-state index contributed by atoms with van der Waals surface area (Å²) >= 11 is 0. The highest BCUT2D eigenvalue weighted by Gasteiger charge is 2.10. The molecule has 0 spiro atoms. The van der Waals surface area contributed by atoms with Crippen LogP contribution in [0.25, 0.3) is 16.9 Å². The van der Waals surface area contributed by atoms with Gasteiger partial charge in [0.2, 0.25) is 0 Å². The average Bonchev–Trinajstić information content (AvgIpc) is 2.98. The van der Waals surface area contributed by atoms with Crippen LogP contribution < -0.4 is 11.5 Å². The van der Waals surface area contributed by atoms with Gasteiger partial charge in [0.05, 0.1) is 11.9 Å². The van der Waals surface area contributed by atoms with Gasteiger partial charge < -0.3 is 11.5 Å². The summed E-state index contributed by atoms with van der Waals surface area (Å²) in [5.41, 5.74) is 13.7. The lowest BCUT2D eigenvalue weighted by Gasteiger charge is -2.05. The quantitative estimate of drug-likeness (QED) is 0.760. The Balaban J connectivity index is 2.04. The Hall–Kier alpha value is -3.15. The zero-order valence-corrected chi connectivity index (χ0v) is 11.1. The molecule has 3 aromatic rings. The third-order valence-electron chi connectivity index (χ3n) is 3.06. The van der Waals surface area contributed by atoms with Gasteiger partial charge in [-0.1, -0.05) is 30.3 Å². The van der Waals surface area contributed by atoms with Crippen LogP contribution in [-0.4, -0.2) is 20.7 Å². The number of nitrogen functional groups attached to an aromatic ring is 1. The normalized spacial score (nSPS) is 10.5. The van der Waals surface area contributed by atoms with E-state index in [1.54, 1.807) is 18.5 Å². The molecule has 0 unspecified atom stereocenters. The number of nitrogens with zero attached hydrogens (tertiary/aromatic N) is 3. The van der Waals surface area contributed by atoms with Crippen LogP contribution in [0, 0.1) is 0 Å². The van der Waals surface area contributed by atoms with Crippen molar-refractivity contribution in [2.45, 2.75) is 0 Å². The second-order valence-corrected chi connectivity index (χ2v) is 4.51. The van der Waals surface area contributed by atoms with Crippen LogP contribution in [0.1, 0.15) is 10.5 Å². The van der Waals surface area contributed by atoms with Gasteiger partial charge in [-0.3, -0.25) is 4.79 Å². The van der Waals surface area contributed by atoms with Gasteiger partial charge in [0.1, 0.15) is 5.69 Å². The summed E-state index contributed by atoms with van der Waals surface area (Å²) in [7, 11) is 0. The summed E-state index contributed by atoms with van der Waals surface area (Å²) in [6.45, 7) is 0. The topological polar surface area (TPSA) is 99.8 Å². The van der Waals surface area contributed by atoms with Crippen LogP contribution in [0.2, 0.25) is 0 Å². The maximum absolute atomic E-state index is 11.2. The van der Waals surface area contributed by atoms with Crippen LogP contribution >= 0.6 is 0 Å². The molecule has 1 aromatic carbocycles. The fourth-order valence-electron chi connectivity index (χ4n) is 2.00. The van der Waals surface area contributed by atoms with E-state index in [0.29, 0.717) is 11.5 Å². The third-order valence-corrected chi connectivity index (χ3v) is 3.06. The zero-order valence-electron chi connectivity index (χ0n) is 11.1. The number of pyridine rings is 1. The number of aromatic nitrogens is 3. The molecule has 104 valence electrons. The second-order valence-electron chi connectivity index (χ2n) is 4.51. The summed E-state index contributed by atoms with van der Waals surface area (Å²) in [5, 5.41) is 4.25. The Labute approximate surface area is 121 Å². The average molecular weight is 279 g/mol. The largest absolute Gasteiger partial charge is 0.396 e. The van der Waals surface area contributed by atoms with Gasteiger partial charge in [0, 0.05) is 11.8 Å². The van der Waals surface area contributed by atoms with E-state index in [1.165, 1.54) is 10.7 Å². The van der Waals surface area contributed by atoms with E-state index in [-0.39, 0.29) is 5.69 Å². The molecular formula is C15H13N5O. The fourth-order valence-corrected chi connectivity index (χ4v) is 2.00. The van der Waals surface area contributed by atoms with E-state index >= 15 is 0 Å². The van der Waals surface area contributed by atoms with Crippen LogP contribution in [0.15, 0.2) is 54.9 Å². The van der Waals surface area contributed by atoms with Crippen molar-refractivity contribution in [2.24, 2.45) is 5.73 Å². The number of primary amides is 1. The number of carbonyl (C=O) groups excluding carboxylic acids is 1. The summed E-state index contributed by atoms with van der Waals surface area (Å²) in [4.78, 5) is 15.4. The number of anilines is 1. The lowest BCUT2D eigenvalue weighted by molar-refractivity contribution is 0.0995. The molecule has 2 heterocycles. The maximum Gasteiger partial charge on any atom is 0.267 e. The molecule has 21 heavy (non-hydrogen) atoms. The molecule has 3 rings (SSSR count). The Morgan fingerprint density at radius 2 is 1.81 bits per heavy atom. The third kappa shape index (κ3) is 2.46. The fraction of sp³-hybridized carbons (Fsp3) is 0. The number of benzene rings is 1. The SMILES string of the molecule is NC(=O)c1ccc(N)c(-n2cc(-c3ccccc3)cn2)n1. The number of carbonyl (C=O) groups is 1. The van der Waals surface area contributed by atoms with Crippen molar-refractivity contribution in [3.8, 4) is 16.9 Å². The Morgan fingerprint density at radius 1 is 1.05 bits per heavy atom. The number of rotatable bonds is 3. The van der Waals surface area contributed by atoms with Crippen LogP contribution in [0.5, 0.6) is 0 Å². The summed E-state index contributed by atoms with van der Waals surface area (Å²) in [5.74, 6) is -0.222. The van der Waals surface area contributed by atoms with Crippen LogP contribution in [0.3, 0.4) is 0 Å². The van der Waals surface area contributed by atoms with Crippen molar-refractivity contribution in [3.63, 3.8) is 0 Å². The minimum absolute atomic E-state index is 0.149. The standard InChI is InChI=1S/C15H13N5O/c16-12-6-7-13(14(17)21)19-15(12)20-9-11(8-18-20)10-4-2-1-3-5-10/h1-9H,16H2,(H2,17,21). The minimum atomic E-state index is -0.605. The van der Waals surface area contributed by atoms with Crippen molar-refractivity contribution in [1.82, 2.24) is 14.8 Å². The molecular weight excluding hydrogens is 266 g/mol. The van der Waals surface area contributed by atoms with Crippen molar-refractivity contribution in [1.29, 1.82) is 0 Å². The molecule has 6 nitrogen and oxygen atoms in total. The lowest BCUT2D eigenvalue weighted by Crippen LogP contribution is -2.15. The molecule has 0 bridgehead atoms. The number of nitrogens with two attached hydrogens (primary N) is 2. The highest BCUT2D eigenvalue weighted by atomic mass is 16.1. The number of hydrogen-bond donors (Lipinski definition) is 2. The van der Waals surface area contributed by atoms with E-state index < -0.39 is 5.91 Å². The van der Waals surface area contributed by atoms with Crippen molar-refractivity contribution >= 4 is 11.6 Å². The molecule has 6 heteroatoms. The summed E-state index contributed by atoms with van der Waals surface area (Å²) in [6, 6.07) is 12.9. The first-order valence-electron chi connectivity index (χ1n) is 6.32. The van der Waals surface area contributed by atoms with Crippen molar-refractivity contribution in [3.05, 3.63) is 60.6 Å². The first-order chi connectivity index (χ1) is 10.1. The van der Waals surface area contributed by atoms with Gasteiger partial charge in [-0.2, -0.15) is 5.10 Å². The molecule has 0 aliphatic heterocycles. The first kappa shape index (κ1) is 12.9. The van der Waals surface area contributed by atoms with E-state index in [4.69, 9.17) is 11.5 Å². The molecule has 0 fully saturated rings. The smallest absolute Gasteiger partial charge is 0.267 e. The molecule has 0 aliphatic carbocycles. The van der Waals surface area contributed by atoms with Crippen molar-refractivity contribution in [2.75, 3.05) is 5.73 Å². The van der Waals surface area contributed by atoms with Crippen LogP contribution in [-0.2, 0) is 0 Å². The maximum atomic E-state index is 11.2. The molecule has 0 saturated heterocycles.